The molecular formula is C15H16N2O6S2. The van der Waals surface area contributed by atoms with Gasteiger partial charge in [0.1, 0.15) is 11.1 Å². The third kappa shape index (κ3) is 2.84. The fourth-order valence-electron chi connectivity index (χ4n) is 2.89. The average Bonchev–Trinajstić information content (AvgIpc) is 3.10. The molecule has 0 radical (unpaired) electrons. The number of fused-ring (bicyclic) bond motifs is 1. The Hall–Kier alpha value is -1.88. The number of methoxy groups -OCH3 is 1. The van der Waals surface area contributed by atoms with E-state index in [4.69, 9.17) is 4.74 Å². The van der Waals surface area contributed by atoms with Gasteiger partial charge in [0.25, 0.3) is 11.6 Å². The molecule has 3 N–H and O–H groups in total. The fraction of sp³-hybridized carbons (Fsp3) is 0.400. The van der Waals surface area contributed by atoms with E-state index in [1.54, 1.807) is 0 Å². The zero-order chi connectivity index (χ0) is 18.2. The van der Waals surface area contributed by atoms with E-state index in [-0.39, 0.29) is 29.4 Å². The topological polar surface area (TPSA) is 116 Å². The molecule has 1 saturated heterocycles. The second kappa shape index (κ2) is 6.79. The average molecular weight is 384 g/mol. The van der Waals surface area contributed by atoms with Crippen LogP contribution in [-0.2, 0) is 25.5 Å². The molecule has 1 aromatic rings. The number of hydrogen-bond acceptors (Lipinski definition) is 7. The normalized spacial score (nSPS) is 25.4. The maximum Gasteiger partial charge on any atom is 0.352 e. The van der Waals surface area contributed by atoms with Crippen molar-refractivity contribution in [1.29, 1.82) is 0 Å². The number of carboxylic acid groups (broad SMARTS) is 1. The van der Waals surface area contributed by atoms with Crippen LogP contribution in [0.1, 0.15) is 4.88 Å². The standard InChI is InChI=1S/C15H16N2O6S2/c1-23-15(16-10(19)5-9-3-2-4-24-9)13(22)17-11(12(20)21)8(6-18)7-25-14(15)17/h2-4,14,18H,5-7H2,1H3,(H,16,19)(H,20,21)/t14-,15-/m0/s1. The number of ether oxygens (including phenoxy) is 1. The first-order valence-electron chi connectivity index (χ1n) is 7.34. The van der Waals surface area contributed by atoms with Crippen LogP contribution in [0.5, 0.6) is 0 Å². The molecule has 3 heterocycles. The van der Waals surface area contributed by atoms with Crippen LogP contribution in [0.25, 0.3) is 0 Å². The Morgan fingerprint density at radius 2 is 2.28 bits per heavy atom. The van der Waals surface area contributed by atoms with E-state index in [0.717, 1.165) is 9.78 Å². The third-order valence-corrected chi connectivity index (χ3v) is 6.32. The molecule has 2 atom stereocenters. The van der Waals surface area contributed by atoms with Crippen LogP contribution >= 0.6 is 23.1 Å². The van der Waals surface area contributed by atoms with Crippen LogP contribution in [0.4, 0.5) is 0 Å². The minimum atomic E-state index is -1.60. The number of nitrogens with zero attached hydrogens (tertiary/aromatic N) is 1. The molecule has 1 fully saturated rings. The molecule has 25 heavy (non-hydrogen) atoms. The van der Waals surface area contributed by atoms with Gasteiger partial charge in [-0.15, -0.1) is 23.1 Å². The minimum Gasteiger partial charge on any atom is -0.477 e. The van der Waals surface area contributed by atoms with E-state index in [1.165, 1.54) is 30.2 Å². The molecule has 2 aliphatic rings. The van der Waals surface area contributed by atoms with Crippen LogP contribution in [0, 0.1) is 0 Å². The van der Waals surface area contributed by atoms with Crippen molar-refractivity contribution in [3.63, 3.8) is 0 Å². The van der Waals surface area contributed by atoms with Crippen LogP contribution in [-0.4, -0.2) is 63.5 Å². The lowest BCUT2D eigenvalue weighted by atomic mass is 9.98. The zero-order valence-corrected chi connectivity index (χ0v) is 14.9. The predicted octanol–water partition coefficient (Wildman–Crippen LogP) is -0.00440. The lowest BCUT2D eigenvalue weighted by Crippen LogP contribution is -2.80. The van der Waals surface area contributed by atoms with E-state index in [2.05, 4.69) is 5.32 Å². The van der Waals surface area contributed by atoms with Crippen molar-refractivity contribution >= 4 is 40.9 Å². The van der Waals surface area contributed by atoms with Gasteiger partial charge in [0, 0.05) is 17.7 Å². The smallest absolute Gasteiger partial charge is 0.352 e. The number of amides is 2. The SMILES string of the molecule is CO[C@@]1(NC(=O)Cc2cccs2)C(=O)N2C(C(=O)O)=C(CO)CS[C@H]21. The Morgan fingerprint density at radius 1 is 1.52 bits per heavy atom. The number of aliphatic hydroxyl groups is 1. The highest BCUT2D eigenvalue weighted by molar-refractivity contribution is 8.00. The molecule has 1 aromatic heterocycles. The summed E-state index contributed by atoms with van der Waals surface area (Å²) in [5.74, 6) is -2.10. The van der Waals surface area contributed by atoms with Crippen LogP contribution in [0.15, 0.2) is 28.8 Å². The van der Waals surface area contributed by atoms with Crippen molar-refractivity contribution in [3.05, 3.63) is 33.7 Å². The lowest BCUT2D eigenvalue weighted by molar-refractivity contribution is -0.192. The molecule has 2 amide bonds. The first-order chi connectivity index (χ1) is 11.9. The Bertz CT molecular complexity index is 747. The first kappa shape index (κ1) is 17.9. The molecule has 0 bridgehead atoms. The number of aliphatic carboxylic acids is 1. The van der Waals surface area contributed by atoms with Gasteiger partial charge in [-0.1, -0.05) is 6.07 Å². The summed E-state index contributed by atoms with van der Waals surface area (Å²) < 4.78 is 5.32. The molecule has 134 valence electrons. The Balaban J connectivity index is 1.82. The van der Waals surface area contributed by atoms with Gasteiger partial charge in [0.05, 0.1) is 13.0 Å². The van der Waals surface area contributed by atoms with Crippen molar-refractivity contribution in [2.75, 3.05) is 19.5 Å². The summed E-state index contributed by atoms with van der Waals surface area (Å²) in [5, 5.41) is 22.5. The van der Waals surface area contributed by atoms with Gasteiger partial charge in [0.15, 0.2) is 0 Å². The highest BCUT2D eigenvalue weighted by atomic mass is 32.2. The summed E-state index contributed by atoms with van der Waals surface area (Å²) in [6.07, 6.45) is 0.108. The third-order valence-electron chi connectivity index (χ3n) is 4.07. The monoisotopic (exact) mass is 384 g/mol. The van der Waals surface area contributed by atoms with Crippen molar-refractivity contribution in [2.24, 2.45) is 0 Å². The van der Waals surface area contributed by atoms with Crippen molar-refractivity contribution < 1.29 is 29.3 Å². The predicted molar refractivity (Wildman–Crippen MR) is 90.7 cm³/mol. The molecule has 3 rings (SSSR count). The minimum absolute atomic E-state index is 0.108. The summed E-state index contributed by atoms with van der Waals surface area (Å²) in [5.41, 5.74) is -1.58. The van der Waals surface area contributed by atoms with Crippen LogP contribution < -0.4 is 5.32 Å². The van der Waals surface area contributed by atoms with Gasteiger partial charge in [-0.25, -0.2) is 4.79 Å². The second-order valence-electron chi connectivity index (χ2n) is 5.50. The fourth-order valence-corrected chi connectivity index (χ4v) is 5.02. The maximum absolute atomic E-state index is 12.7. The quantitative estimate of drug-likeness (QED) is 0.467. The van der Waals surface area contributed by atoms with Crippen LogP contribution in [0.2, 0.25) is 0 Å². The summed E-state index contributed by atoms with van der Waals surface area (Å²) in [4.78, 5) is 38.4. The number of carbonyl (C=O) groups excluding carboxylic acids is 2. The number of aliphatic hydroxyl groups excluding tert-OH is 1. The lowest BCUT2D eigenvalue weighted by Gasteiger charge is -2.55. The molecule has 8 nitrogen and oxygen atoms in total. The van der Waals surface area contributed by atoms with Crippen LogP contribution in [0.3, 0.4) is 0 Å². The summed E-state index contributed by atoms with van der Waals surface area (Å²) in [6.45, 7) is -0.449. The molecule has 0 aromatic carbocycles. The van der Waals surface area contributed by atoms with E-state index in [1.807, 2.05) is 17.5 Å². The number of thiophene rings is 1. The number of carboxylic acids is 1. The molecular weight excluding hydrogens is 368 g/mol. The zero-order valence-electron chi connectivity index (χ0n) is 13.2. The summed E-state index contributed by atoms with van der Waals surface area (Å²) in [6, 6.07) is 3.64. The molecule has 0 saturated carbocycles. The number of rotatable bonds is 6. The summed E-state index contributed by atoms with van der Waals surface area (Å²) in [7, 11) is 1.30. The summed E-state index contributed by atoms with van der Waals surface area (Å²) >= 11 is 2.67. The van der Waals surface area contributed by atoms with Gasteiger partial charge >= 0.3 is 5.97 Å². The largest absolute Gasteiger partial charge is 0.477 e. The van der Waals surface area contributed by atoms with E-state index in [0.29, 0.717) is 0 Å². The van der Waals surface area contributed by atoms with Crippen molar-refractivity contribution in [2.45, 2.75) is 17.5 Å². The van der Waals surface area contributed by atoms with Gasteiger partial charge in [0.2, 0.25) is 5.91 Å². The molecule has 10 heteroatoms. The number of hydrogen-bond donors (Lipinski definition) is 3. The maximum atomic E-state index is 12.7. The molecule has 0 unspecified atom stereocenters. The van der Waals surface area contributed by atoms with Crippen molar-refractivity contribution in [1.82, 2.24) is 10.2 Å². The highest BCUT2D eigenvalue weighted by Gasteiger charge is 2.66. The molecule has 0 aliphatic carbocycles. The second-order valence-corrected chi connectivity index (χ2v) is 7.60. The van der Waals surface area contributed by atoms with Crippen molar-refractivity contribution in [3.8, 4) is 0 Å². The molecule has 2 aliphatic heterocycles. The number of carbonyl (C=O) groups is 3. The van der Waals surface area contributed by atoms with Gasteiger partial charge < -0.3 is 20.3 Å². The Kier molecular flexibility index (Phi) is 4.87. The van der Waals surface area contributed by atoms with E-state index in [9.17, 15) is 24.6 Å². The van der Waals surface area contributed by atoms with Gasteiger partial charge in [-0.05, 0) is 17.0 Å². The number of thioether (sulfide) groups is 1. The van der Waals surface area contributed by atoms with E-state index >= 15 is 0 Å². The first-order valence-corrected chi connectivity index (χ1v) is 9.27. The van der Waals surface area contributed by atoms with Gasteiger partial charge in [-0.2, -0.15) is 0 Å². The van der Waals surface area contributed by atoms with E-state index < -0.39 is 29.6 Å². The molecule has 0 spiro atoms. The number of nitrogens with one attached hydrogen (secondary N) is 1. The Morgan fingerprint density at radius 3 is 2.84 bits per heavy atom. The Labute approximate surface area is 151 Å². The van der Waals surface area contributed by atoms with Gasteiger partial charge in [-0.3, -0.25) is 14.5 Å². The number of β-lactam (4-membered cyclic amide) rings is 1. The highest BCUT2D eigenvalue weighted by Crippen LogP contribution is 2.46.